The Kier molecular flexibility index (Phi) is 5.20. The van der Waals surface area contributed by atoms with Crippen LogP contribution in [0.15, 0.2) is 12.7 Å². The quantitative estimate of drug-likeness (QED) is 0.418. The van der Waals surface area contributed by atoms with E-state index in [9.17, 15) is 0 Å². The molecule has 1 saturated carbocycles. The first-order valence-electron chi connectivity index (χ1n) is 5.74. The molecule has 0 radical (unpaired) electrons. The van der Waals surface area contributed by atoms with Gasteiger partial charge >= 0.3 is 0 Å². The first-order chi connectivity index (χ1) is 6.77. The molecule has 0 spiro atoms. The molecule has 0 aromatic heterocycles. The van der Waals surface area contributed by atoms with Gasteiger partial charge in [0.1, 0.15) is 0 Å². The second kappa shape index (κ2) is 6.20. The third-order valence-electron chi connectivity index (χ3n) is 2.96. The standard InChI is InChI=1S/C12H23NO/c1-2-3-10-14-11-12(13)8-6-4-5-7-9-12/h2H,1,3-11,13H2. The molecule has 1 rings (SSSR count). The van der Waals surface area contributed by atoms with Crippen LogP contribution in [0.1, 0.15) is 44.9 Å². The molecular formula is C12H23NO. The van der Waals surface area contributed by atoms with E-state index in [4.69, 9.17) is 10.5 Å². The molecule has 2 nitrogen and oxygen atoms in total. The van der Waals surface area contributed by atoms with Crippen molar-refractivity contribution in [3.05, 3.63) is 12.7 Å². The molecule has 2 N–H and O–H groups in total. The highest BCUT2D eigenvalue weighted by Crippen LogP contribution is 2.25. The molecule has 1 aliphatic rings. The average molecular weight is 197 g/mol. The molecule has 0 aliphatic heterocycles. The summed E-state index contributed by atoms with van der Waals surface area (Å²) in [6.45, 7) is 5.16. The fourth-order valence-electron chi connectivity index (χ4n) is 2.02. The van der Waals surface area contributed by atoms with Crippen molar-refractivity contribution >= 4 is 0 Å². The molecule has 0 atom stereocenters. The Bertz CT molecular complexity index is 160. The molecule has 0 aromatic carbocycles. The lowest BCUT2D eigenvalue weighted by Crippen LogP contribution is -2.44. The van der Waals surface area contributed by atoms with Gasteiger partial charge in [-0.1, -0.05) is 31.8 Å². The van der Waals surface area contributed by atoms with Crippen LogP contribution in [-0.2, 0) is 4.74 Å². The van der Waals surface area contributed by atoms with Crippen molar-refractivity contribution in [1.82, 2.24) is 0 Å². The number of ether oxygens (including phenoxy) is 1. The van der Waals surface area contributed by atoms with Gasteiger partial charge in [0.25, 0.3) is 0 Å². The van der Waals surface area contributed by atoms with E-state index in [0.717, 1.165) is 32.5 Å². The van der Waals surface area contributed by atoms with Crippen LogP contribution in [0.25, 0.3) is 0 Å². The van der Waals surface area contributed by atoms with Crippen molar-refractivity contribution in [3.63, 3.8) is 0 Å². The molecule has 0 saturated heterocycles. The zero-order chi connectivity index (χ0) is 10.3. The SMILES string of the molecule is C=CCCOCC1(N)CCCCCC1. The van der Waals surface area contributed by atoms with Gasteiger partial charge in [-0.3, -0.25) is 0 Å². The van der Waals surface area contributed by atoms with Crippen LogP contribution in [0.4, 0.5) is 0 Å². The van der Waals surface area contributed by atoms with Crippen LogP contribution in [-0.4, -0.2) is 18.8 Å². The topological polar surface area (TPSA) is 35.2 Å². The summed E-state index contributed by atoms with van der Waals surface area (Å²) in [5, 5.41) is 0. The smallest absolute Gasteiger partial charge is 0.0646 e. The first-order valence-corrected chi connectivity index (χ1v) is 5.74. The zero-order valence-corrected chi connectivity index (χ0v) is 9.13. The van der Waals surface area contributed by atoms with Gasteiger partial charge in [-0.25, -0.2) is 0 Å². The van der Waals surface area contributed by atoms with Gasteiger partial charge in [-0.05, 0) is 19.3 Å². The van der Waals surface area contributed by atoms with E-state index < -0.39 is 0 Å². The number of rotatable bonds is 5. The van der Waals surface area contributed by atoms with Gasteiger partial charge in [-0.15, -0.1) is 6.58 Å². The Morgan fingerprint density at radius 2 is 1.86 bits per heavy atom. The van der Waals surface area contributed by atoms with E-state index in [1.165, 1.54) is 25.7 Å². The highest BCUT2D eigenvalue weighted by molar-refractivity contribution is 4.85. The van der Waals surface area contributed by atoms with Gasteiger partial charge in [-0.2, -0.15) is 0 Å². The lowest BCUT2D eigenvalue weighted by atomic mass is 9.93. The van der Waals surface area contributed by atoms with E-state index in [0.29, 0.717) is 0 Å². The summed E-state index contributed by atoms with van der Waals surface area (Å²) < 4.78 is 5.58. The third kappa shape index (κ3) is 4.25. The molecule has 14 heavy (non-hydrogen) atoms. The summed E-state index contributed by atoms with van der Waals surface area (Å²) in [6.07, 6.45) is 10.3. The van der Waals surface area contributed by atoms with E-state index in [-0.39, 0.29) is 5.54 Å². The number of hydrogen-bond acceptors (Lipinski definition) is 2. The maximum atomic E-state index is 6.29. The summed E-state index contributed by atoms with van der Waals surface area (Å²) in [6, 6.07) is 0. The van der Waals surface area contributed by atoms with Crippen molar-refractivity contribution in [3.8, 4) is 0 Å². The van der Waals surface area contributed by atoms with Crippen molar-refractivity contribution in [2.24, 2.45) is 5.73 Å². The van der Waals surface area contributed by atoms with Crippen molar-refractivity contribution in [2.45, 2.75) is 50.5 Å². The summed E-state index contributed by atoms with van der Waals surface area (Å²) in [5.41, 5.74) is 6.25. The Morgan fingerprint density at radius 1 is 1.21 bits per heavy atom. The van der Waals surface area contributed by atoms with Crippen LogP contribution in [0.3, 0.4) is 0 Å². The van der Waals surface area contributed by atoms with E-state index >= 15 is 0 Å². The average Bonchev–Trinajstić information content (AvgIpc) is 2.39. The second-order valence-corrected chi connectivity index (χ2v) is 4.41. The largest absolute Gasteiger partial charge is 0.379 e. The van der Waals surface area contributed by atoms with Crippen LogP contribution >= 0.6 is 0 Å². The second-order valence-electron chi connectivity index (χ2n) is 4.41. The third-order valence-corrected chi connectivity index (χ3v) is 2.96. The first kappa shape index (κ1) is 11.7. The Hall–Kier alpha value is -0.340. The van der Waals surface area contributed by atoms with Crippen LogP contribution in [0.2, 0.25) is 0 Å². The highest BCUT2D eigenvalue weighted by atomic mass is 16.5. The Morgan fingerprint density at radius 3 is 2.43 bits per heavy atom. The van der Waals surface area contributed by atoms with E-state index in [1.54, 1.807) is 0 Å². The molecule has 2 heteroatoms. The molecule has 0 heterocycles. The zero-order valence-electron chi connectivity index (χ0n) is 9.13. The lowest BCUT2D eigenvalue weighted by Gasteiger charge is -2.27. The predicted octanol–water partition coefficient (Wildman–Crippen LogP) is 2.63. The van der Waals surface area contributed by atoms with Crippen molar-refractivity contribution in [2.75, 3.05) is 13.2 Å². The molecule has 0 unspecified atom stereocenters. The minimum absolute atomic E-state index is 0.0440. The van der Waals surface area contributed by atoms with Crippen LogP contribution < -0.4 is 5.73 Å². The predicted molar refractivity (Wildman–Crippen MR) is 60.3 cm³/mol. The van der Waals surface area contributed by atoms with E-state index in [2.05, 4.69) is 6.58 Å². The van der Waals surface area contributed by atoms with Gasteiger partial charge in [0.2, 0.25) is 0 Å². The molecular weight excluding hydrogens is 174 g/mol. The van der Waals surface area contributed by atoms with Crippen molar-refractivity contribution in [1.29, 1.82) is 0 Å². The maximum Gasteiger partial charge on any atom is 0.0646 e. The minimum atomic E-state index is -0.0440. The molecule has 0 bridgehead atoms. The maximum absolute atomic E-state index is 6.29. The Balaban J connectivity index is 2.20. The summed E-state index contributed by atoms with van der Waals surface area (Å²) >= 11 is 0. The molecule has 82 valence electrons. The van der Waals surface area contributed by atoms with Crippen molar-refractivity contribution < 1.29 is 4.74 Å². The van der Waals surface area contributed by atoms with Gasteiger partial charge in [0, 0.05) is 5.54 Å². The normalized spacial score (nSPS) is 21.5. The van der Waals surface area contributed by atoms with Crippen LogP contribution in [0, 0.1) is 0 Å². The molecule has 0 aromatic rings. The Labute approximate surface area is 87.5 Å². The summed E-state index contributed by atoms with van der Waals surface area (Å²) in [4.78, 5) is 0. The summed E-state index contributed by atoms with van der Waals surface area (Å²) in [5.74, 6) is 0. The molecule has 1 fully saturated rings. The minimum Gasteiger partial charge on any atom is -0.379 e. The monoisotopic (exact) mass is 197 g/mol. The molecule has 0 amide bonds. The molecule has 1 aliphatic carbocycles. The highest BCUT2D eigenvalue weighted by Gasteiger charge is 2.25. The lowest BCUT2D eigenvalue weighted by molar-refractivity contribution is 0.0810. The van der Waals surface area contributed by atoms with Crippen LogP contribution in [0.5, 0.6) is 0 Å². The van der Waals surface area contributed by atoms with Gasteiger partial charge in [0.15, 0.2) is 0 Å². The fourth-order valence-corrected chi connectivity index (χ4v) is 2.02. The van der Waals surface area contributed by atoms with E-state index in [1.807, 2.05) is 6.08 Å². The fraction of sp³-hybridized carbons (Fsp3) is 0.833. The van der Waals surface area contributed by atoms with Gasteiger partial charge < -0.3 is 10.5 Å². The number of hydrogen-bond donors (Lipinski definition) is 1. The van der Waals surface area contributed by atoms with Gasteiger partial charge in [0.05, 0.1) is 13.2 Å². The number of nitrogens with two attached hydrogens (primary N) is 1. The summed E-state index contributed by atoms with van der Waals surface area (Å²) in [7, 11) is 0.